The van der Waals surface area contributed by atoms with Crippen LogP contribution >= 0.6 is 0 Å². The van der Waals surface area contributed by atoms with Gasteiger partial charge in [-0.2, -0.15) is 5.10 Å². The first-order valence-corrected chi connectivity index (χ1v) is 5.91. The van der Waals surface area contributed by atoms with E-state index in [1.54, 1.807) is 17.8 Å². The minimum absolute atomic E-state index is 0.115. The van der Waals surface area contributed by atoms with Crippen molar-refractivity contribution in [2.75, 3.05) is 7.11 Å². The van der Waals surface area contributed by atoms with Crippen LogP contribution in [-0.4, -0.2) is 28.2 Å². The first-order chi connectivity index (χ1) is 7.97. The molecule has 5 heteroatoms. The highest BCUT2D eigenvalue weighted by Crippen LogP contribution is 2.24. The Morgan fingerprint density at radius 1 is 1.59 bits per heavy atom. The van der Waals surface area contributed by atoms with Gasteiger partial charge < -0.3 is 10.5 Å². The molecular formula is C12H21N3O2. The number of aryl methyl sites for hydroxylation is 1. The van der Waals surface area contributed by atoms with Crippen LogP contribution in [0.4, 0.5) is 0 Å². The van der Waals surface area contributed by atoms with Gasteiger partial charge in [0.1, 0.15) is 5.69 Å². The lowest BCUT2D eigenvalue weighted by Crippen LogP contribution is -2.45. The van der Waals surface area contributed by atoms with Crippen molar-refractivity contribution in [1.82, 2.24) is 9.78 Å². The summed E-state index contributed by atoms with van der Waals surface area (Å²) in [7, 11) is 1.53. The number of nitrogens with two attached hydrogens (primary N) is 1. The van der Waals surface area contributed by atoms with Crippen LogP contribution < -0.4 is 10.5 Å². The number of methoxy groups -OCH3 is 1. The Morgan fingerprint density at radius 3 is 2.71 bits per heavy atom. The van der Waals surface area contributed by atoms with Gasteiger partial charge >= 0.3 is 0 Å². The Bertz CT molecular complexity index is 375. The lowest BCUT2D eigenvalue weighted by molar-refractivity contribution is 0.0878. The molecule has 5 nitrogen and oxygen atoms in total. The number of ketones is 1. The molecule has 1 unspecified atom stereocenters. The van der Waals surface area contributed by atoms with Gasteiger partial charge in [-0.1, -0.05) is 13.3 Å². The summed E-state index contributed by atoms with van der Waals surface area (Å²) in [6.45, 7) is 6.31. The van der Waals surface area contributed by atoms with Gasteiger partial charge in [0, 0.05) is 6.54 Å². The molecule has 1 rings (SSSR count). The quantitative estimate of drug-likeness (QED) is 0.766. The molecule has 1 aromatic rings. The zero-order valence-electron chi connectivity index (χ0n) is 11.0. The fourth-order valence-corrected chi connectivity index (χ4v) is 1.89. The summed E-state index contributed by atoms with van der Waals surface area (Å²) < 4.78 is 6.79. The zero-order valence-corrected chi connectivity index (χ0v) is 11.0. The predicted molar refractivity (Wildman–Crippen MR) is 66.3 cm³/mol. The second-order valence-corrected chi connectivity index (χ2v) is 4.37. The van der Waals surface area contributed by atoms with Crippen molar-refractivity contribution in [2.24, 2.45) is 5.73 Å². The topological polar surface area (TPSA) is 70.1 Å². The fourth-order valence-electron chi connectivity index (χ4n) is 1.89. The highest BCUT2D eigenvalue weighted by molar-refractivity contribution is 6.03. The van der Waals surface area contributed by atoms with E-state index in [1.165, 1.54) is 7.11 Å². The van der Waals surface area contributed by atoms with E-state index in [0.717, 1.165) is 6.42 Å². The molecule has 0 spiro atoms. The highest BCUT2D eigenvalue weighted by atomic mass is 16.5. The number of nitrogens with zero attached hydrogens (tertiary/aromatic N) is 2. The van der Waals surface area contributed by atoms with Crippen LogP contribution in [-0.2, 0) is 6.54 Å². The monoisotopic (exact) mass is 239 g/mol. The van der Waals surface area contributed by atoms with Gasteiger partial charge in [-0.05, 0) is 20.3 Å². The number of aromatic nitrogens is 2. The Labute approximate surface area is 102 Å². The largest absolute Gasteiger partial charge is 0.493 e. The maximum Gasteiger partial charge on any atom is 0.204 e. The smallest absolute Gasteiger partial charge is 0.204 e. The van der Waals surface area contributed by atoms with Gasteiger partial charge in [0.05, 0.1) is 18.8 Å². The van der Waals surface area contributed by atoms with E-state index < -0.39 is 5.54 Å². The van der Waals surface area contributed by atoms with Gasteiger partial charge in [-0.3, -0.25) is 9.48 Å². The second kappa shape index (κ2) is 5.31. The van der Waals surface area contributed by atoms with Crippen molar-refractivity contribution in [2.45, 2.75) is 45.7 Å². The molecule has 0 saturated heterocycles. The molecule has 0 radical (unpaired) electrons. The molecule has 0 aliphatic carbocycles. The van der Waals surface area contributed by atoms with Gasteiger partial charge in [-0.25, -0.2) is 0 Å². The Hall–Kier alpha value is -1.36. The molecule has 2 N–H and O–H groups in total. The number of rotatable bonds is 6. The third kappa shape index (κ3) is 2.66. The molecule has 17 heavy (non-hydrogen) atoms. The van der Waals surface area contributed by atoms with Crippen molar-refractivity contribution in [1.29, 1.82) is 0 Å². The third-order valence-electron chi connectivity index (χ3n) is 2.83. The van der Waals surface area contributed by atoms with Crippen molar-refractivity contribution in [3.63, 3.8) is 0 Å². The minimum Gasteiger partial charge on any atom is -0.493 e. The molecule has 0 bridgehead atoms. The van der Waals surface area contributed by atoms with E-state index in [9.17, 15) is 4.79 Å². The average molecular weight is 239 g/mol. The zero-order chi connectivity index (χ0) is 13.1. The molecule has 0 saturated carbocycles. The summed E-state index contributed by atoms with van der Waals surface area (Å²) in [6, 6.07) is 0. The van der Waals surface area contributed by atoms with Gasteiger partial charge in [-0.15, -0.1) is 0 Å². The normalized spacial score (nSPS) is 14.4. The van der Waals surface area contributed by atoms with Crippen molar-refractivity contribution in [3.05, 3.63) is 11.9 Å². The summed E-state index contributed by atoms with van der Waals surface area (Å²) in [4.78, 5) is 12.4. The lowest BCUT2D eigenvalue weighted by atomic mass is 9.90. The number of ether oxygens (including phenoxy) is 1. The number of carbonyl (C=O) groups excluding carboxylic acids is 1. The van der Waals surface area contributed by atoms with Crippen LogP contribution in [0.3, 0.4) is 0 Å². The molecule has 0 aliphatic rings. The average Bonchev–Trinajstić information content (AvgIpc) is 2.70. The van der Waals surface area contributed by atoms with E-state index in [-0.39, 0.29) is 5.78 Å². The van der Waals surface area contributed by atoms with Crippen LogP contribution in [0.15, 0.2) is 6.20 Å². The molecule has 1 atom stereocenters. The highest BCUT2D eigenvalue weighted by Gasteiger charge is 2.33. The second-order valence-electron chi connectivity index (χ2n) is 4.37. The minimum atomic E-state index is -0.866. The number of hydrogen-bond donors (Lipinski definition) is 1. The molecule has 0 amide bonds. The molecule has 1 aromatic heterocycles. The first kappa shape index (κ1) is 13.7. The lowest BCUT2D eigenvalue weighted by Gasteiger charge is -2.22. The molecule has 0 fully saturated rings. The van der Waals surface area contributed by atoms with E-state index in [1.807, 2.05) is 13.8 Å². The summed E-state index contributed by atoms with van der Waals surface area (Å²) in [5.74, 6) is 0.375. The van der Waals surface area contributed by atoms with Gasteiger partial charge in [0.15, 0.2) is 5.75 Å². The van der Waals surface area contributed by atoms with Crippen LogP contribution in [0, 0.1) is 0 Å². The van der Waals surface area contributed by atoms with E-state index in [0.29, 0.717) is 24.4 Å². The first-order valence-electron chi connectivity index (χ1n) is 5.91. The van der Waals surface area contributed by atoms with Crippen LogP contribution in [0.5, 0.6) is 5.75 Å². The summed E-state index contributed by atoms with van der Waals surface area (Å²) in [5, 5.41) is 4.12. The van der Waals surface area contributed by atoms with Gasteiger partial charge in [0.2, 0.25) is 5.78 Å². The maximum atomic E-state index is 12.4. The number of Topliss-reactive ketones (excluding diaryl/α,β-unsaturated/α-hetero) is 1. The third-order valence-corrected chi connectivity index (χ3v) is 2.83. The SMILES string of the molecule is CCCC(C)(N)C(=O)c1c(OC)cnn1CC. The Kier molecular flexibility index (Phi) is 4.28. The predicted octanol–water partition coefficient (Wildman–Crippen LogP) is 1.61. The molecule has 1 heterocycles. The Morgan fingerprint density at radius 2 is 2.24 bits per heavy atom. The van der Waals surface area contributed by atoms with E-state index in [2.05, 4.69) is 5.10 Å². The molecule has 96 valence electrons. The van der Waals surface area contributed by atoms with Crippen LogP contribution in [0.1, 0.15) is 44.1 Å². The summed E-state index contributed by atoms with van der Waals surface area (Å²) in [6.07, 6.45) is 3.06. The number of carbonyl (C=O) groups is 1. The van der Waals surface area contributed by atoms with Gasteiger partial charge in [0.25, 0.3) is 0 Å². The van der Waals surface area contributed by atoms with Crippen LogP contribution in [0.25, 0.3) is 0 Å². The maximum absolute atomic E-state index is 12.4. The molecular weight excluding hydrogens is 218 g/mol. The summed E-state index contributed by atoms with van der Waals surface area (Å²) in [5.41, 5.74) is 5.66. The molecule has 0 aromatic carbocycles. The van der Waals surface area contributed by atoms with E-state index in [4.69, 9.17) is 10.5 Å². The van der Waals surface area contributed by atoms with Crippen molar-refractivity contribution in [3.8, 4) is 5.75 Å². The van der Waals surface area contributed by atoms with Crippen molar-refractivity contribution < 1.29 is 9.53 Å². The Balaban J connectivity index is 3.14. The summed E-state index contributed by atoms with van der Waals surface area (Å²) >= 11 is 0. The number of hydrogen-bond acceptors (Lipinski definition) is 4. The van der Waals surface area contributed by atoms with Crippen molar-refractivity contribution >= 4 is 5.78 Å². The van der Waals surface area contributed by atoms with Crippen LogP contribution in [0.2, 0.25) is 0 Å². The standard InChI is InChI=1S/C12H21N3O2/c1-5-7-12(3,13)11(16)10-9(17-4)8-14-15(10)6-2/h8H,5-7,13H2,1-4H3. The van der Waals surface area contributed by atoms with E-state index >= 15 is 0 Å². The molecule has 0 aliphatic heterocycles. The fraction of sp³-hybridized carbons (Fsp3) is 0.667.